The van der Waals surface area contributed by atoms with Gasteiger partial charge in [-0.25, -0.2) is 9.97 Å². The second-order valence-electron chi connectivity index (χ2n) is 3.66. The Bertz CT molecular complexity index is 630. The lowest BCUT2D eigenvalue weighted by atomic mass is 10.2. The van der Waals surface area contributed by atoms with Gasteiger partial charge >= 0.3 is 0 Å². The molecule has 1 radical (unpaired) electrons. The Balaban J connectivity index is 2.06. The molecule has 81 valence electrons. The number of benzene rings is 2. The van der Waals surface area contributed by atoms with Crippen LogP contribution in [0.4, 0.5) is 11.5 Å². The molecule has 0 spiro atoms. The van der Waals surface area contributed by atoms with Crippen molar-refractivity contribution in [3.05, 3.63) is 60.9 Å². The Hall–Kier alpha value is -2.42. The number of fused-ring (bicyclic) bond motifs is 1. The molecule has 0 saturated heterocycles. The number of rotatable bonds is 2. The summed E-state index contributed by atoms with van der Waals surface area (Å²) in [7, 11) is 0. The summed E-state index contributed by atoms with van der Waals surface area (Å²) in [6, 6.07) is 18.6. The van der Waals surface area contributed by atoms with Gasteiger partial charge in [0.2, 0.25) is 0 Å². The second-order valence-corrected chi connectivity index (χ2v) is 3.66. The molecule has 0 saturated carbocycles. The smallest absolute Gasteiger partial charge is 0.141 e. The van der Waals surface area contributed by atoms with E-state index >= 15 is 0 Å². The fourth-order valence-electron chi connectivity index (χ4n) is 1.71. The molecule has 17 heavy (non-hydrogen) atoms. The Morgan fingerprint density at radius 2 is 1.94 bits per heavy atom. The molecular weight excluding hydrogens is 210 g/mol. The van der Waals surface area contributed by atoms with Gasteiger partial charge < -0.3 is 5.32 Å². The molecule has 1 heterocycles. The first kappa shape index (κ1) is 9.78. The van der Waals surface area contributed by atoms with E-state index in [0.717, 1.165) is 22.4 Å². The number of anilines is 2. The SMILES string of the molecule is [c]1cccc(Nc2ncnc3ccccc23)c1. The molecule has 0 amide bonds. The number of hydrogen-bond acceptors (Lipinski definition) is 3. The maximum atomic E-state index is 4.27. The predicted molar refractivity (Wildman–Crippen MR) is 68.1 cm³/mol. The molecule has 0 aliphatic carbocycles. The van der Waals surface area contributed by atoms with Crippen LogP contribution in [0, 0.1) is 6.07 Å². The number of para-hydroxylation sites is 1. The maximum Gasteiger partial charge on any atom is 0.141 e. The van der Waals surface area contributed by atoms with E-state index in [1.165, 1.54) is 0 Å². The Labute approximate surface area is 99.2 Å². The van der Waals surface area contributed by atoms with Crippen molar-refractivity contribution < 1.29 is 0 Å². The fraction of sp³-hybridized carbons (Fsp3) is 0. The summed E-state index contributed by atoms with van der Waals surface area (Å²) in [6.45, 7) is 0. The van der Waals surface area contributed by atoms with Crippen molar-refractivity contribution >= 4 is 22.4 Å². The number of nitrogens with zero attached hydrogens (tertiary/aromatic N) is 2. The first-order valence-corrected chi connectivity index (χ1v) is 5.36. The molecule has 0 aliphatic rings. The quantitative estimate of drug-likeness (QED) is 0.720. The number of hydrogen-bond donors (Lipinski definition) is 1. The molecule has 0 aliphatic heterocycles. The van der Waals surface area contributed by atoms with Crippen LogP contribution in [-0.2, 0) is 0 Å². The average molecular weight is 220 g/mol. The van der Waals surface area contributed by atoms with Crippen LogP contribution in [0.1, 0.15) is 0 Å². The summed E-state index contributed by atoms with van der Waals surface area (Å²) in [6.07, 6.45) is 1.57. The standard InChI is InChI=1S/C14H10N3/c1-2-6-11(7-3-1)17-14-12-8-4-5-9-13(12)15-10-16-14/h1-2,4-10H,(H,15,16,17). The normalized spacial score (nSPS) is 10.4. The molecule has 2 aromatic carbocycles. The molecular formula is C14H10N3. The largest absolute Gasteiger partial charge is 0.340 e. The van der Waals surface area contributed by atoms with Crippen molar-refractivity contribution in [3.8, 4) is 0 Å². The molecule has 1 aromatic heterocycles. The van der Waals surface area contributed by atoms with Crippen LogP contribution in [0.15, 0.2) is 54.9 Å². The van der Waals surface area contributed by atoms with E-state index < -0.39 is 0 Å². The van der Waals surface area contributed by atoms with Crippen LogP contribution in [0.5, 0.6) is 0 Å². The van der Waals surface area contributed by atoms with Crippen LogP contribution in [0.2, 0.25) is 0 Å². The lowest BCUT2D eigenvalue weighted by Gasteiger charge is -2.07. The second kappa shape index (κ2) is 4.22. The first-order valence-electron chi connectivity index (χ1n) is 5.36. The highest BCUT2D eigenvalue weighted by Crippen LogP contribution is 2.21. The van der Waals surface area contributed by atoms with Gasteiger partial charge in [-0.1, -0.05) is 24.3 Å². The molecule has 0 bridgehead atoms. The Morgan fingerprint density at radius 3 is 2.82 bits per heavy atom. The predicted octanol–water partition coefficient (Wildman–Crippen LogP) is 3.17. The van der Waals surface area contributed by atoms with Crippen LogP contribution >= 0.6 is 0 Å². The van der Waals surface area contributed by atoms with Crippen molar-refractivity contribution in [2.45, 2.75) is 0 Å². The van der Waals surface area contributed by atoms with Gasteiger partial charge in [-0.05, 0) is 30.3 Å². The van der Waals surface area contributed by atoms with E-state index in [1.807, 2.05) is 48.5 Å². The third-order valence-corrected chi connectivity index (χ3v) is 2.51. The minimum absolute atomic E-state index is 0.815. The van der Waals surface area contributed by atoms with Gasteiger partial charge in [0.15, 0.2) is 0 Å². The zero-order chi connectivity index (χ0) is 11.5. The molecule has 3 rings (SSSR count). The van der Waals surface area contributed by atoms with Gasteiger partial charge in [-0.3, -0.25) is 0 Å². The summed E-state index contributed by atoms with van der Waals surface area (Å²) in [5.74, 6) is 0.815. The van der Waals surface area contributed by atoms with Crippen molar-refractivity contribution in [2.75, 3.05) is 5.32 Å². The molecule has 1 N–H and O–H groups in total. The third-order valence-electron chi connectivity index (χ3n) is 2.51. The monoisotopic (exact) mass is 220 g/mol. The van der Waals surface area contributed by atoms with E-state index in [9.17, 15) is 0 Å². The Morgan fingerprint density at radius 1 is 1.00 bits per heavy atom. The van der Waals surface area contributed by atoms with Crippen molar-refractivity contribution in [2.24, 2.45) is 0 Å². The lowest BCUT2D eigenvalue weighted by Crippen LogP contribution is -1.95. The maximum absolute atomic E-state index is 4.27. The zero-order valence-electron chi connectivity index (χ0n) is 9.09. The average Bonchev–Trinajstić information content (AvgIpc) is 2.40. The molecule has 0 fully saturated rings. The summed E-state index contributed by atoms with van der Waals surface area (Å²) >= 11 is 0. The summed E-state index contributed by atoms with van der Waals surface area (Å²) in [4.78, 5) is 8.49. The van der Waals surface area contributed by atoms with Gasteiger partial charge in [-0.15, -0.1) is 0 Å². The topological polar surface area (TPSA) is 37.8 Å². The van der Waals surface area contributed by atoms with Crippen LogP contribution in [-0.4, -0.2) is 9.97 Å². The van der Waals surface area contributed by atoms with Gasteiger partial charge in [0.25, 0.3) is 0 Å². The van der Waals surface area contributed by atoms with E-state index in [2.05, 4.69) is 21.4 Å². The fourth-order valence-corrected chi connectivity index (χ4v) is 1.71. The first-order chi connectivity index (χ1) is 8.43. The van der Waals surface area contributed by atoms with E-state index in [4.69, 9.17) is 0 Å². The summed E-state index contributed by atoms with van der Waals surface area (Å²) in [5, 5.41) is 4.28. The van der Waals surface area contributed by atoms with Crippen molar-refractivity contribution in [1.82, 2.24) is 9.97 Å². The minimum atomic E-state index is 0.815. The highest BCUT2D eigenvalue weighted by Gasteiger charge is 2.02. The molecule has 3 aromatic rings. The van der Waals surface area contributed by atoms with Gasteiger partial charge in [0, 0.05) is 11.1 Å². The van der Waals surface area contributed by atoms with Crippen molar-refractivity contribution in [3.63, 3.8) is 0 Å². The Kier molecular flexibility index (Phi) is 2.43. The molecule has 0 unspecified atom stereocenters. The van der Waals surface area contributed by atoms with Crippen molar-refractivity contribution in [1.29, 1.82) is 0 Å². The lowest BCUT2D eigenvalue weighted by molar-refractivity contribution is 1.22. The van der Waals surface area contributed by atoms with E-state index in [0.29, 0.717) is 0 Å². The highest BCUT2D eigenvalue weighted by atomic mass is 15.0. The minimum Gasteiger partial charge on any atom is -0.340 e. The molecule has 0 atom stereocenters. The summed E-state index contributed by atoms with van der Waals surface area (Å²) < 4.78 is 0. The van der Waals surface area contributed by atoms with E-state index in [1.54, 1.807) is 6.33 Å². The molecule has 3 heteroatoms. The van der Waals surface area contributed by atoms with Gasteiger partial charge in [0.1, 0.15) is 12.1 Å². The van der Waals surface area contributed by atoms with Gasteiger partial charge in [-0.2, -0.15) is 0 Å². The van der Waals surface area contributed by atoms with Crippen LogP contribution in [0.25, 0.3) is 10.9 Å². The van der Waals surface area contributed by atoms with Gasteiger partial charge in [0.05, 0.1) is 5.52 Å². The third kappa shape index (κ3) is 1.95. The van der Waals surface area contributed by atoms with E-state index in [-0.39, 0.29) is 0 Å². The molecule has 3 nitrogen and oxygen atoms in total. The highest BCUT2D eigenvalue weighted by molar-refractivity contribution is 5.90. The zero-order valence-corrected chi connectivity index (χ0v) is 9.09. The number of nitrogens with one attached hydrogen (secondary N) is 1. The van der Waals surface area contributed by atoms with Crippen LogP contribution in [0.3, 0.4) is 0 Å². The number of aromatic nitrogens is 2. The summed E-state index contributed by atoms with van der Waals surface area (Å²) in [5.41, 5.74) is 1.90. The van der Waals surface area contributed by atoms with Crippen LogP contribution < -0.4 is 5.32 Å².